The van der Waals surface area contributed by atoms with Crippen molar-refractivity contribution in [1.82, 2.24) is 0 Å². The van der Waals surface area contributed by atoms with Crippen molar-refractivity contribution in [1.29, 1.82) is 0 Å². The van der Waals surface area contributed by atoms with Crippen LogP contribution in [-0.4, -0.2) is 15.4 Å². The maximum Gasteiger partial charge on any atom is 0.186 e. The lowest BCUT2D eigenvalue weighted by Gasteiger charge is -2.25. The zero-order valence-electron chi connectivity index (χ0n) is 8.82. The largest absolute Gasteiger partial charge is 0.420 e. The molecule has 0 amide bonds. The first-order valence-electron chi connectivity index (χ1n) is 4.32. The molecule has 1 nitrogen and oxygen atoms in total. The van der Waals surface area contributed by atoms with Crippen LogP contribution < -0.4 is 0 Å². The minimum absolute atomic E-state index is 0.461. The summed E-state index contributed by atoms with van der Waals surface area (Å²) < 4.78 is 5.47. The maximum absolute atomic E-state index is 5.47. The van der Waals surface area contributed by atoms with Gasteiger partial charge in [-0.15, -0.1) is 0 Å². The Labute approximate surface area is 72.3 Å². The van der Waals surface area contributed by atoms with Crippen LogP contribution in [0.2, 0.25) is 19.1 Å². The lowest BCUT2D eigenvalue weighted by atomic mass is 9.94. The van der Waals surface area contributed by atoms with E-state index < -0.39 is 8.32 Å². The predicted octanol–water partition coefficient (Wildman–Crippen LogP) is 3.27. The van der Waals surface area contributed by atoms with E-state index in [9.17, 15) is 0 Å². The lowest BCUT2D eigenvalue weighted by Crippen LogP contribution is -2.29. The smallest absolute Gasteiger partial charge is 0.186 e. The van der Waals surface area contributed by atoms with Crippen molar-refractivity contribution in [2.45, 2.75) is 46.3 Å². The van der Waals surface area contributed by atoms with Crippen LogP contribution in [0.15, 0.2) is 0 Å². The molecular weight excluding hydrogens is 152 g/mol. The van der Waals surface area contributed by atoms with Crippen molar-refractivity contribution in [3.05, 3.63) is 0 Å². The van der Waals surface area contributed by atoms with Gasteiger partial charge in [0, 0.05) is 7.11 Å². The SMILES string of the molecule is CO[Si](C)(C)CCC(C)(C)C. The molecule has 2 heteroatoms. The van der Waals surface area contributed by atoms with E-state index in [1.807, 2.05) is 7.11 Å². The summed E-state index contributed by atoms with van der Waals surface area (Å²) in [5, 5.41) is 0. The molecule has 0 atom stereocenters. The maximum atomic E-state index is 5.47. The molecule has 0 fully saturated rings. The van der Waals surface area contributed by atoms with Crippen molar-refractivity contribution in [2.24, 2.45) is 5.41 Å². The molecule has 11 heavy (non-hydrogen) atoms. The predicted molar refractivity (Wildman–Crippen MR) is 53.4 cm³/mol. The zero-order chi connectivity index (χ0) is 9.12. The second-order valence-corrected chi connectivity index (χ2v) is 9.45. The summed E-state index contributed by atoms with van der Waals surface area (Å²) >= 11 is 0. The molecule has 68 valence electrons. The van der Waals surface area contributed by atoms with Crippen molar-refractivity contribution in [3.8, 4) is 0 Å². The Kier molecular flexibility index (Phi) is 3.78. The molecule has 0 spiro atoms. The average molecular weight is 174 g/mol. The van der Waals surface area contributed by atoms with Crippen LogP contribution in [0.3, 0.4) is 0 Å². The van der Waals surface area contributed by atoms with Crippen LogP contribution in [0.4, 0.5) is 0 Å². The Balaban J connectivity index is 3.70. The summed E-state index contributed by atoms with van der Waals surface area (Å²) in [5.41, 5.74) is 0.461. The van der Waals surface area contributed by atoms with Crippen molar-refractivity contribution >= 4 is 8.32 Å². The van der Waals surface area contributed by atoms with Gasteiger partial charge in [0.05, 0.1) is 0 Å². The fraction of sp³-hybridized carbons (Fsp3) is 1.00. The highest BCUT2D eigenvalue weighted by Crippen LogP contribution is 2.25. The van der Waals surface area contributed by atoms with Gasteiger partial charge in [-0.25, -0.2) is 0 Å². The normalized spacial score (nSPS) is 13.6. The molecular formula is C9H22OSi. The topological polar surface area (TPSA) is 9.23 Å². The van der Waals surface area contributed by atoms with E-state index in [0.717, 1.165) is 0 Å². The molecule has 0 radical (unpaired) electrons. The standard InChI is InChI=1S/C9H22OSi/c1-9(2,3)7-8-11(5,6)10-4/h7-8H2,1-6H3. The molecule has 0 N–H and O–H groups in total. The second-order valence-electron chi connectivity index (χ2n) is 5.02. The fourth-order valence-corrected chi connectivity index (χ4v) is 2.33. The summed E-state index contributed by atoms with van der Waals surface area (Å²) in [5.74, 6) is 0. The van der Waals surface area contributed by atoms with Crippen LogP contribution >= 0.6 is 0 Å². The van der Waals surface area contributed by atoms with Gasteiger partial charge in [0.1, 0.15) is 0 Å². The zero-order valence-corrected chi connectivity index (χ0v) is 9.82. The summed E-state index contributed by atoms with van der Waals surface area (Å²) in [6.45, 7) is 11.4. The molecule has 0 aliphatic carbocycles. The summed E-state index contributed by atoms with van der Waals surface area (Å²) in [7, 11) is 0.555. The summed E-state index contributed by atoms with van der Waals surface area (Å²) in [6.07, 6.45) is 1.28. The molecule has 0 heterocycles. The summed E-state index contributed by atoms with van der Waals surface area (Å²) in [6, 6.07) is 1.27. The number of hydrogen-bond acceptors (Lipinski definition) is 1. The Hall–Kier alpha value is 0.177. The number of hydrogen-bond donors (Lipinski definition) is 0. The minimum Gasteiger partial charge on any atom is -0.420 e. The quantitative estimate of drug-likeness (QED) is 0.597. The van der Waals surface area contributed by atoms with Gasteiger partial charge in [-0.3, -0.25) is 0 Å². The monoisotopic (exact) mass is 174 g/mol. The Morgan fingerprint density at radius 2 is 1.64 bits per heavy atom. The first-order chi connectivity index (χ1) is 4.77. The van der Waals surface area contributed by atoms with Crippen molar-refractivity contribution in [3.63, 3.8) is 0 Å². The van der Waals surface area contributed by atoms with Crippen LogP contribution in [0.25, 0.3) is 0 Å². The Morgan fingerprint density at radius 1 is 1.18 bits per heavy atom. The average Bonchev–Trinajstić information content (AvgIpc) is 1.83. The van der Waals surface area contributed by atoms with Crippen LogP contribution in [0.5, 0.6) is 0 Å². The van der Waals surface area contributed by atoms with E-state index in [1.54, 1.807) is 0 Å². The molecule has 0 bridgehead atoms. The van der Waals surface area contributed by atoms with Crippen LogP contribution in [0.1, 0.15) is 27.2 Å². The Morgan fingerprint density at radius 3 is 1.91 bits per heavy atom. The van der Waals surface area contributed by atoms with Crippen LogP contribution in [0, 0.1) is 5.41 Å². The van der Waals surface area contributed by atoms with Gasteiger partial charge in [0.15, 0.2) is 8.32 Å². The second kappa shape index (κ2) is 3.72. The van der Waals surface area contributed by atoms with Gasteiger partial charge in [-0.2, -0.15) is 0 Å². The van der Waals surface area contributed by atoms with Gasteiger partial charge in [-0.1, -0.05) is 20.8 Å². The molecule has 0 aromatic rings. The molecule has 0 aliphatic heterocycles. The molecule has 0 unspecified atom stereocenters. The van der Waals surface area contributed by atoms with Gasteiger partial charge in [0.2, 0.25) is 0 Å². The van der Waals surface area contributed by atoms with Gasteiger partial charge in [-0.05, 0) is 31.0 Å². The molecule has 0 aromatic heterocycles. The van der Waals surface area contributed by atoms with Gasteiger partial charge < -0.3 is 4.43 Å². The third-order valence-electron chi connectivity index (χ3n) is 2.03. The molecule has 0 saturated carbocycles. The third-order valence-corrected chi connectivity index (χ3v) is 4.59. The first kappa shape index (κ1) is 11.2. The summed E-state index contributed by atoms with van der Waals surface area (Å²) in [4.78, 5) is 0. The van der Waals surface area contributed by atoms with E-state index in [4.69, 9.17) is 4.43 Å². The van der Waals surface area contributed by atoms with Crippen LogP contribution in [-0.2, 0) is 4.43 Å². The molecule has 0 aromatic carbocycles. The highest BCUT2D eigenvalue weighted by Gasteiger charge is 2.23. The van der Waals surface area contributed by atoms with E-state index in [2.05, 4.69) is 33.9 Å². The van der Waals surface area contributed by atoms with E-state index in [0.29, 0.717) is 5.41 Å². The highest BCUT2D eigenvalue weighted by molar-refractivity contribution is 6.71. The third kappa shape index (κ3) is 6.57. The minimum atomic E-state index is -1.29. The number of rotatable bonds is 3. The van der Waals surface area contributed by atoms with E-state index in [-0.39, 0.29) is 0 Å². The highest BCUT2D eigenvalue weighted by atomic mass is 28.4. The molecule has 0 aliphatic rings. The van der Waals surface area contributed by atoms with Crippen molar-refractivity contribution < 1.29 is 4.43 Å². The van der Waals surface area contributed by atoms with Crippen molar-refractivity contribution in [2.75, 3.05) is 7.11 Å². The van der Waals surface area contributed by atoms with Gasteiger partial charge in [0.25, 0.3) is 0 Å². The van der Waals surface area contributed by atoms with E-state index >= 15 is 0 Å². The molecule has 0 rings (SSSR count). The van der Waals surface area contributed by atoms with E-state index in [1.165, 1.54) is 12.5 Å². The molecule has 0 saturated heterocycles. The van der Waals surface area contributed by atoms with Gasteiger partial charge >= 0.3 is 0 Å². The Bertz CT molecular complexity index is 113. The lowest BCUT2D eigenvalue weighted by molar-refractivity contribution is 0.362. The fourth-order valence-electron chi connectivity index (χ4n) is 0.778. The first-order valence-corrected chi connectivity index (χ1v) is 7.43.